The molecule has 0 spiro atoms. The number of halogens is 2. The molecule has 3 rings (SSSR count). The van der Waals surface area contributed by atoms with E-state index in [1.54, 1.807) is 38.1 Å². The van der Waals surface area contributed by atoms with Gasteiger partial charge in [-0.1, -0.05) is 41.4 Å². The number of ether oxygens (including phenoxy) is 3. The molecule has 0 aliphatic carbocycles. The van der Waals surface area contributed by atoms with Crippen molar-refractivity contribution in [2.75, 3.05) is 26.3 Å². The molecule has 1 aliphatic rings. The summed E-state index contributed by atoms with van der Waals surface area (Å²) in [7, 11) is 0. The number of nitrogens with one attached hydrogen (secondary N) is 2. The first-order valence-corrected chi connectivity index (χ1v) is 10.9. The molecule has 0 unspecified atom stereocenters. The van der Waals surface area contributed by atoms with Gasteiger partial charge in [0.25, 0.3) is 11.8 Å². The van der Waals surface area contributed by atoms with Crippen molar-refractivity contribution >= 4 is 35.0 Å². The molecule has 1 aromatic carbocycles. The van der Waals surface area contributed by atoms with Crippen molar-refractivity contribution in [3.8, 4) is 0 Å². The van der Waals surface area contributed by atoms with Gasteiger partial charge in [0.2, 0.25) is 0 Å². The number of hydrogen-bond acceptors (Lipinski definition) is 6. The van der Waals surface area contributed by atoms with Gasteiger partial charge in [0.1, 0.15) is 17.4 Å². The van der Waals surface area contributed by atoms with Gasteiger partial charge in [0.15, 0.2) is 5.79 Å². The van der Waals surface area contributed by atoms with Crippen LogP contribution in [0.15, 0.2) is 42.6 Å². The van der Waals surface area contributed by atoms with Crippen LogP contribution in [0.25, 0.3) is 0 Å². The van der Waals surface area contributed by atoms with Gasteiger partial charge in [-0.25, -0.2) is 4.98 Å². The summed E-state index contributed by atoms with van der Waals surface area (Å²) in [5.74, 6) is -1.63. The van der Waals surface area contributed by atoms with E-state index in [4.69, 9.17) is 37.4 Å². The predicted molar refractivity (Wildman–Crippen MR) is 120 cm³/mol. The molecule has 0 saturated carbocycles. The van der Waals surface area contributed by atoms with Crippen molar-refractivity contribution in [1.29, 1.82) is 0 Å². The summed E-state index contributed by atoms with van der Waals surface area (Å²) in [6, 6.07) is 10.3. The highest BCUT2D eigenvalue weighted by Crippen LogP contribution is 2.23. The van der Waals surface area contributed by atoms with E-state index >= 15 is 0 Å². The molecule has 2 atom stereocenters. The van der Waals surface area contributed by atoms with E-state index in [0.717, 1.165) is 0 Å². The van der Waals surface area contributed by atoms with Crippen molar-refractivity contribution in [2.45, 2.75) is 31.8 Å². The van der Waals surface area contributed by atoms with Crippen LogP contribution in [0, 0.1) is 0 Å². The Morgan fingerprint density at radius 3 is 2.44 bits per heavy atom. The number of carbonyl (C=O) groups excluding carboxylic acids is 2. The zero-order valence-electron chi connectivity index (χ0n) is 17.8. The molecule has 1 fully saturated rings. The van der Waals surface area contributed by atoms with Gasteiger partial charge in [0, 0.05) is 24.8 Å². The van der Waals surface area contributed by atoms with Crippen LogP contribution in [0.5, 0.6) is 0 Å². The van der Waals surface area contributed by atoms with Gasteiger partial charge in [-0.3, -0.25) is 9.59 Å². The maximum atomic E-state index is 12.7. The molecule has 2 N–H and O–H groups in total. The van der Waals surface area contributed by atoms with Crippen LogP contribution >= 0.6 is 23.2 Å². The van der Waals surface area contributed by atoms with Crippen molar-refractivity contribution in [3.63, 3.8) is 0 Å². The van der Waals surface area contributed by atoms with E-state index in [9.17, 15) is 9.59 Å². The molecule has 172 valence electrons. The Bertz CT molecular complexity index is 922. The third-order valence-electron chi connectivity index (χ3n) is 4.76. The van der Waals surface area contributed by atoms with Crippen molar-refractivity contribution in [2.24, 2.45) is 0 Å². The SMILES string of the molecule is CC1(C)OCCO[C@H](CNC(=O)c2c(Cl)ccnc2Cl)[C@H](CNC(=O)c2ccccc2)O1. The van der Waals surface area contributed by atoms with Crippen LogP contribution in [0.1, 0.15) is 34.6 Å². The van der Waals surface area contributed by atoms with Gasteiger partial charge in [0.05, 0.1) is 23.8 Å². The minimum Gasteiger partial charge on any atom is -0.371 e. The van der Waals surface area contributed by atoms with Crippen LogP contribution in [0.3, 0.4) is 0 Å². The molecule has 1 aromatic heterocycles. The van der Waals surface area contributed by atoms with Gasteiger partial charge >= 0.3 is 0 Å². The fourth-order valence-corrected chi connectivity index (χ4v) is 3.74. The smallest absolute Gasteiger partial charge is 0.256 e. The monoisotopic (exact) mass is 481 g/mol. The minimum atomic E-state index is -0.899. The lowest BCUT2D eigenvalue weighted by molar-refractivity contribution is -0.277. The summed E-state index contributed by atoms with van der Waals surface area (Å²) >= 11 is 12.1. The van der Waals surface area contributed by atoms with Gasteiger partial charge in [-0.15, -0.1) is 0 Å². The summed E-state index contributed by atoms with van der Waals surface area (Å²) < 4.78 is 17.6. The summed E-state index contributed by atoms with van der Waals surface area (Å²) in [5.41, 5.74) is 0.612. The number of pyridine rings is 1. The number of aromatic nitrogens is 1. The first kappa shape index (κ1) is 24.4. The van der Waals surface area contributed by atoms with Crippen molar-refractivity contribution in [1.82, 2.24) is 15.6 Å². The second-order valence-corrected chi connectivity index (χ2v) is 8.32. The van der Waals surface area contributed by atoms with E-state index in [2.05, 4.69) is 15.6 Å². The highest BCUT2D eigenvalue weighted by atomic mass is 35.5. The normalized spacial score (nSPS) is 20.6. The third kappa shape index (κ3) is 6.63. The summed E-state index contributed by atoms with van der Waals surface area (Å²) in [6.45, 7) is 4.44. The molecule has 2 aromatic rings. The topological polar surface area (TPSA) is 98.8 Å². The van der Waals surface area contributed by atoms with Crippen LogP contribution < -0.4 is 10.6 Å². The van der Waals surface area contributed by atoms with Crippen molar-refractivity contribution < 1.29 is 23.8 Å². The second kappa shape index (κ2) is 11.1. The zero-order valence-corrected chi connectivity index (χ0v) is 19.3. The Morgan fingerprint density at radius 2 is 1.72 bits per heavy atom. The molecular formula is C22H25Cl2N3O5. The summed E-state index contributed by atoms with van der Waals surface area (Å²) in [6.07, 6.45) is 0.256. The van der Waals surface area contributed by atoms with E-state index in [-0.39, 0.29) is 34.7 Å². The summed E-state index contributed by atoms with van der Waals surface area (Å²) in [4.78, 5) is 29.0. The van der Waals surface area contributed by atoms with Gasteiger partial charge < -0.3 is 24.8 Å². The van der Waals surface area contributed by atoms with Crippen LogP contribution in [-0.2, 0) is 14.2 Å². The molecule has 10 heteroatoms. The molecule has 1 saturated heterocycles. The molecule has 1 aliphatic heterocycles. The Labute approximate surface area is 196 Å². The van der Waals surface area contributed by atoms with Crippen LogP contribution in [-0.4, -0.2) is 61.1 Å². The Morgan fingerprint density at radius 1 is 1.03 bits per heavy atom. The molecule has 0 bridgehead atoms. The molecule has 2 heterocycles. The highest BCUT2D eigenvalue weighted by Gasteiger charge is 2.34. The maximum Gasteiger partial charge on any atom is 0.256 e. The summed E-state index contributed by atoms with van der Waals surface area (Å²) in [5, 5.41) is 5.83. The van der Waals surface area contributed by atoms with E-state index in [1.807, 2.05) is 6.07 Å². The number of benzene rings is 1. The predicted octanol–water partition coefficient (Wildman–Crippen LogP) is 3.08. The lowest BCUT2D eigenvalue weighted by Crippen LogP contribution is -2.52. The largest absolute Gasteiger partial charge is 0.371 e. The molecule has 8 nitrogen and oxygen atoms in total. The van der Waals surface area contributed by atoms with Crippen LogP contribution in [0.4, 0.5) is 0 Å². The third-order valence-corrected chi connectivity index (χ3v) is 5.36. The zero-order chi connectivity index (χ0) is 23.1. The van der Waals surface area contributed by atoms with Crippen LogP contribution in [0.2, 0.25) is 10.2 Å². The Kier molecular flexibility index (Phi) is 8.44. The number of amides is 2. The lowest BCUT2D eigenvalue weighted by atomic mass is 10.1. The molecule has 2 amide bonds. The first-order valence-electron chi connectivity index (χ1n) is 10.1. The second-order valence-electron chi connectivity index (χ2n) is 7.56. The fraction of sp³-hybridized carbons (Fsp3) is 0.409. The maximum absolute atomic E-state index is 12.7. The first-order chi connectivity index (χ1) is 15.3. The molecule has 0 radical (unpaired) electrons. The minimum absolute atomic E-state index is 0.00559. The van der Waals surface area contributed by atoms with E-state index < -0.39 is 23.9 Å². The quantitative estimate of drug-likeness (QED) is 0.615. The number of hydrogen-bond donors (Lipinski definition) is 2. The van der Waals surface area contributed by atoms with Gasteiger partial charge in [-0.05, 0) is 32.0 Å². The van der Waals surface area contributed by atoms with E-state index in [0.29, 0.717) is 18.8 Å². The van der Waals surface area contributed by atoms with Gasteiger partial charge in [-0.2, -0.15) is 0 Å². The Balaban J connectivity index is 1.70. The number of rotatable bonds is 6. The molecule has 32 heavy (non-hydrogen) atoms. The Hall–Kier alpha value is -2.23. The standard InChI is InChI=1S/C22H25Cl2N3O5/c1-22(2)31-11-10-30-16(12-27-21(29)18-15(23)8-9-25-19(18)24)17(32-22)13-26-20(28)14-6-4-3-5-7-14/h3-9,16-17H,10-13H2,1-2H3,(H,26,28)(H,27,29)/t16-,17+/m1/s1. The molecular weight excluding hydrogens is 457 g/mol. The number of nitrogens with zero attached hydrogens (tertiary/aromatic N) is 1. The average molecular weight is 482 g/mol. The fourth-order valence-electron chi connectivity index (χ4n) is 3.22. The lowest BCUT2D eigenvalue weighted by Gasteiger charge is -2.37. The van der Waals surface area contributed by atoms with Crippen molar-refractivity contribution in [3.05, 3.63) is 63.9 Å². The van der Waals surface area contributed by atoms with E-state index in [1.165, 1.54) is 12.3 Å². The number of carbonyl (C=O) groups is 2. The highest BCUT2D eigenvalue weighted by molar-refractivity contribution is 6.38. The average Bonchev–Trinajstić information content (AvgIpc) is 2.75.